The highest BCUT2D eigenvalue weighted by Crippen LogP contribution is 2.34. The van der Waals surface area contributed by atoms with Crippen LogP contribution in [0.15, 0.2) is 42.5 Å². The molecule has 2 saturated heterocycles. The molecule has 4 N–H and O–H groups in total. The van der Waals surface area contributed by atoms with E-state index in [0.29, 0.717) is 30.1 Å². The molecular weight excluding hydrogens is 474 g/mol. The van der Waals surface area contributed by atoms with Crippen LogP contribution in [0.25, 0.3) is 0 Å². The van der Waals surface area contributed by atoms with Gasteiger partial charge in [-0.3, -0.25) is 4.79 Å². The monoisotopic (exact) mass is 505 g/mol. The number of piperidine rings is 1. The minimum Gasteiger partial charge on any atom is -0.490 e. The highest BCUT2D eigenvalue weighted by molar-refractivity contribution is 6.31. The van der Waals surface area contributed by atoms with Crippen LogP contribution in [0, 0.1) is 0 Å². The molecular formula is C26H32ClNO7. The Kier molecular flexibility index (Phi) is 8.31. The summed E-state index contributed by atoms with van der Waals surface area (Å²) in [5, 5.41) is 40.6. The number of rotatable bonds is 6. The Balaban J connectivity index is 1.41. The molecule has 0 radical (unpaired) electrons. The van der Waals surface area contributed by atoms with E-state index in [1.165, 1.54) is 0 Å². The van der Waals surface area contributed by atoms with Crippen LogP contribution in [-0.4, -0.2) is 81.4 Å². The molecule has 2 aliphatic heterocycles. The third-order valence-electron chi connectivity index (χ3n) is 6.80. The van der Waals surface area contributed by atoms with Gasteiger partial charge in [0.05, 0.1) is 6.61 Å². The van der Waals surface area contributed by atoms with Crippen LogP contribution in [0.3, 0.4) is 0 Å². The lowest BCUT2D eigenvalue weighted by molar-refractivity contribution is -0.231. The molecule has 2 aromatic rings. The third kappa shape index (κ3) is 5.97. The SMILES string of the molecule is CC(=O)N1CCC(Oc2ccc(Cc3cc([C@@H]4O[C@H](CO)[C@@H](O)[C@H](O)[C@H]4O)ccc3Cl)cc2)CC1. The number of nitrogens with zero attached hydrogens (tertiary/aromatic N) is 1. The van der Waals surface area contributed by atoms with Gasteiger partial charge < -0.3 is 34.8 Å². The number of halogens is 1. The van der Waals surface area contributed by atoms with Crippen molar-refractivity contribution in [3.63, 3.8) is 0 Å². The summed E-state index contributed by atoms with van der Waals surface area (Å²) in [5.41, 5.74) is 2.42. The first-order chi connectivity index (χ1) is 16.8. The van der Waals surface area contributed by atoms with Gasteiger partial charge in [-0.2, -0.15) is 0 Å². The number of carbonyl (C=O) groups is 1. The van der Waals surface area contributed by atoms with Gasteiger partial charge in [-0.05, 0) is 41.3 Å². The standard InChI is InChI=1S/C26H32ClNO7/c1-15(30)28-10-8-20(9-11-28)34-19-5-2-16(3-6-19)12-18-13-17(4-7-21(18)27)26-25(33)24(32)23(31)22(14-29)35-26/h2-7,13,20,22-26,29,31-33H,8-12,14H2,1H3/t22-,23-,24+,25-,26+/m1/s1. The van der Waals surface area contributed by atoms with Crippen molar-refractivity contribution in [1.29, 1.82) is 0 Å². The molecule has 2 aromatic carbocycles. The number of aliphatic hydroxyl groups excluding tert-OH is 4. The lowest BCUT2D eigenvalue weighted by Crippen LogP contribution is -2.55. The largest absolute Gasteiger partial charge is 0.490 e. The average molecular weight is 506 g/mol. The number of aliphatic hydroxyl groups is 4. The summed E-state index contributed by atoms with van der Waals surface area (Å²) in [6.45, 7) is 2.53. The van der Waals surface area contributed by atoms with Gasteiger partial charge in [-0.25, -0.2) is 0 Å². The fourth-order valence-electron chi connectivity index (χ4n) is 4.67. The topological polar surface area (TPSA) is 120 Å². The Bertz CT molecular complexity index is 1010. The molecule has 4 rings (SSSR count). The summed E-state index contributed by atoms with van der Waals surface area (Å²) in [6.07, 6.45) is -3.84. The minimum absolute atomic E-state index is 0.0844. The lowest BCUT2D eigenvalue weighted by atomic mass is 9.90. The molecule has 2 heterocycles. The van der Waals surface area contributed by atoms with Crippen molar-refractivity contribution in [2.75, 3.05) is 19.7 Å². The van der Waals surface area contributed by atoms with Crippen LogP contribution in [0.1, 0.15) is 42.6 Å². The minimum atomic E-state index is -1.44. The zero-order valence-corrected chi connectivity index (χ0v) is 20.3. The normalized spacial score (nSPS) is 27.6. The first-order valence-corrected chi connectivity index (χ1v) is 12.2. The number of likely N-dealkylation sites (tertiary alicyclic amines) is 1. The molecule has 1 amide bonds. The number of carbonyl (C=O) groups excluding carboxylic acids is 1. The highest BCUT2D eigenvalue weighted by atomic mass is 35.5. The van der Waals surface area contributed by atoms with Gasteiger partial charge in [0.15, 0.2) is 0 Å². The van der Waals surface area contributed by atoms with Gasteiger partial charge in [-0.1, -0.05) is 35.9 Å². The van der Waals surface area contributed by atoms with Crippen LogP contribution in [0.4, 0.5) is 0 Å². The van der Waals surface area contributed by atoms with Gasteiger partial charge in [0.2, 0.25) is 5.91 Å². The van der Waals surface area contributed by atoms with E-state index in [-0.39, 0.29) is 12.0 Å². The fourth-order valence-corrected chi connectivity index (χ4v) is 4.86. The molecule has 0 aliphatic carbocycles. The summed E-state index contributed by atoms with van der Waals surface area (Å²) in [7, 11) is 0. The Morgan fingerprint density at radius 1 is 1.06 bits per heavy atom. The van der Waals surface area contributed by atoms with Gasteiger partial charge >= 0.3 is 0 Å². The third-order valence-corrected chi connectivity index (χ3v) is 7.17. The Hall–Kier alpha value is -2.20. The molecule has 9 heteroatoms. The van der Waals surface area contributed by atoms with Crippen molar-refractivity contribution in [3.05, 3.63) is 64.2 Å². The summed E-state index contributed by atoms with van der Waals surface area (Å²) in [6, 6.07) is 13.0. The zero-order chi connectivity index (χ0) is 25.1. The van der Waals surface area contributed by atoms with E-state index in [1.54, 1.807) is 19.1 Å². The maximum atomic E-state index is 11.5. The van der Waals surface area contributed by atoms with Crippen molar-refractivity contribution in [1.82, 2.24) is 4.90 Å². The van der Waals surface area contributed by atoms with Gasteiger partial charge in [-0.15, -0.1) is 0 Å². The molecule has 8 nitrogen and oxygen atoms in total. The summed E-state index contributed by atoms with van der Waals surface area (Å²) in [4.78, 5) is 13.3. The van der Waals surface area contributed by atoms with Crippen molar-refractivity contribution >= 4 is 17.5 Å². The number of amides is 1. The molecule has 0 spiro atoms. The van der Waals surface area contributed by atoms with Crippen molar-refractivity contribution in [2.45, 2.75) is 62.8 Å². The molecule has 0 unspecified atom stereocenters. The predicted molar refractivity (Wildman–Crippen MR) is 129 cm³/mol. The Morgan fingerprint density at radius 3 is 2.37 bits per heavy atom. The molecule has 35 heavy (non-hydrogen) atoms. The van der Waals surface area contributed by atoms with E-state index in [0.717, 1.165) is 29.7 Å². The highest BCUT2D eigenvalue weighted by Gasteiger charge is 2.44. The van der Waals surface area contributed by atoms with E-state index in [9.17, 15) is 25.2 Å². The van der Waals surface area contributed by atoms with E-state index >= 15 is 0 Å². The smallest absolute Gasteiger partial charge is 0.219 e. The second-order valence-corrected chi connectivity index (χ2v) is 9.65. The van der Waals surface area contributed by atoms with E-state index in [4.69, 9.17) is 21.1 Å². The van der Waals surface area contributed by atoms with Crippen molar-refractivity contribution in [2.24, 2.45) is 0 Å². The first-order valence-electron chi connectivity index (χ1n) is 11.9. The Morgan fingerprint density at radius 2 is 1.74 bits per heavy atom. The van der Waals surface area contributed by atoms with E-state index in [1.807, 2.05) is 35.2 Å². The average Bonchev–Trinajstić information content (AvgIpc) is 2.86. The van der Waals surface area contributed by atoms with Crippen LogP contribution in [-0.2, 0) is 16.0 Å². The van der Waals surface area contributed by atoms with Gasteiger partial charge in [0.1, 0.15) is 42.4 Å². The second-order valence-electron chi connectivity index (χ2n) is 9.24. The first kappa shape index (κ1) is 25.9. The lowest BCUT2D eigenvalue weighted by Gasteiger charge is -2.40. The van der Waals surface area contributed by atoms with E-state index in [2.05, 4.69) is 0 Å². The summed E-state index contributed by atoms with van der Waals surface area (Å²) >= 11 is 6.44. The van der Waals surface area contributed by atoms with Gasteiger partial charge in [0, 0.05) is 37.9 Å². The van der Waals surface area contributed by atoms with E-state index < -0.39 is 37.1 Å². The predicted octanol–water partition coefficient (Wildman–Crippen LogP) is 1.84. The van der Waals surface area contributed by atoms with Crippen molar-refractivity contribution in [3.8, 4) is 5.75 Å². The van der Waals surface area contributed by atoms with Crippen LogP contribution in [0.5, 0.6) is 5.75 Å². The fraction of sp³-hybridized carbons (Fsp3) is 0.500. The number of hydrogen-bond acceptors (Lipinski definition) is 7. The molecule has 0 aromatic heterocycles. The zero-order valence-electron chi connectivity index (χ0n) is 19.6. The molecule has 2 fully saturated rings. The number of ether oxygens (including phenoxy) is 2. The Labute approximate surface area is 209 Å². The molecule has 2 aliphatic rings. The second kappa shape index (κ2) is 11.2. The maximum Gasteiger partial charge on any atom is 0.219 e. The van der Waals surface area contributed by atoms with Gasteiger partial charge in [0.25, 0.3) is 0 Å². The molecule has 5 atom stereocenters. The summed E-state index contributed by atoms with van der Waals surface area (Å²) < 4.78 is 11.8. The van der Waals surface area contributed by atoms with Crippen LogP contribution >= 0.6 is 11.6 Å². The number of hydrogen-bond donors (Lipinski definition) is 4. The van der Waals surface area contributed by atoms with Crippen LogP contribution < -0.4 is 4.74 Å². The number of benzene rings is 2. The molecule has 190 valence electrons. The molecule has 0 bridgehead atoms. The maximum absolute atomic E-state index is 11.5. The van der Waals surface area contributed by atoms with Crippen molar-refractivity contribution < 1.29 is 34.7 Å². The molecule has 0 saturated carbocycles. The quantitative estimate of drug-likeness (QED) is 0.473. The summed E-state index contributed by atoms with van der Waals surface area (Å²) in [5.74, 6) is 0.873. The van der Waals surface area contributed by atoms with Crippen LogP contribution in [0.2, 0.25) is 5.02 Å².